The summed E-state index contributed by atoms with van der Waals surface area (Å²) in [5, 5.41) is 2.87. The van der Waals surface area contributed by atoms with Crippen molar-refractivity contribution < 1.29 is 23.7 Å². The molecule has 0 unspecified atom stereocenters. The molecule has 0 saturated heterocycles. The zero-order valence-electron chi connectivity index (χ0n) is 15.8. The van der Waals surface area contributed by atoms with Crippen molar-refractivity contribution in [1.29, 1.82) is 0 Å². The van der Waals surface area contributed by atoms with Crippen LogP contribution in [0.2, 0.25) is 0 Å². The van der Waals surface area contributed by atoms with Crippen molar-refractivity contribution in [2.24, 2.45) is 5.92 Å². The van der Waals surface area contributed by atoms with Gasteiger partial charge in [0.05, 0.1) is 46.2 Å². The topological polar surface area (TPSA) is 66.0 Å². The molecule has 24 heavy (non-hydrogen) atoms. The maximum Gasteiger partial charge on any atom is 0.220 e. The molecule has 0 aliphatic carbocycles. The van der Waals surface area contributed by atoms with Crippen molar-refractivity contribution in [2.45, 2.75) is 46.5 Å². The molecule has 1 amide bonds. The van der Waals surface area contributed by atoms with Crippen LogP contribution >= 0.6 is 0 Å². The van der Waals surface area contributed by atoms with Gasteiger partial charge in [-0.2, -0.15) is 0 Å². The molecule has 0 rings (SSSR count). The van der Waals surface area contributed by atoms with Crippen LogP contribution in [0.1, 0.15) is 46.5 Å². The average Bonchev–Trinajstić information content (AvgIpc) is 2.55. The minimum atomic E-state index is 0.114. The Morgan fingerprint density at radius 1 is 0.833 bits per heavy atom. The Kier molecular flexibility index (Phi) is 18.1. The van der Waals surface area contributed by atoms with Crippen LogP contribution < -0.4 is 5.32 Å². The quantitative estimate of drug-likeness (QED) is 0.386. The predicted molar refractivity (Wildman–Crippen MR) is 95.3 cm³/mol. The van der Waals surface area contributed by atoms with Gasteiger partial charge in [-0.1, -0.05) is 26.7 Å². The van der Waals surface area contributed by atoms with E-state index in [1.54, 1.807) is 0 Å². The van der Waals surface area contributed by atoms with E-state index in [4.69, 9.17) is 18.9 Å². The smallest absolute Gasteiger partial charge is 0.220 e. The van der Waals surface area contributed by atoms with Crippen LogP contribution in [0.5, 0.6) is 0 Å². The van der Waals surface area contributed by atoms with Crippen molar-refractivity contribution >= 4 is 5.91 Å². The molecule has 1 N–H and O–H groups in total. The molecule has 6 heteroatoms. The number of amides is 1. The normalized spacial score (nSPS) is 11.2. The van der Waals surface area contributed by atoms with E-state index in [0.29, 0.717) is 65.1 Å². The Labute approximate surface area is 147 Å². The molecule has 6 nitrogen and oxygen atoms in total. The number of carbonyl (C=O) groups is 1. The predicted octanol–water partition coefficient (Wildman–Crippen LogP) is 2.41. The van der Waals surface area contributed by atoms with Crippen molar-refractivity contribution in [3.8, 4) is 0 Å². The van der Waals surface area contributed by atoms with Crippen LogP contribution in [0.15, 0.2) is 0 Å². The van der Waals surface area contributed by atoms with E-state index in [2.05, 4.69) is 19.2 Å². The summed E-state index contributed by atoms with van der Waals surface area (Å²) in [4.78, 5) is 11.6. The van der Waals surface area contributed by atoms with E-state index >= 15 is 0 Å². The lowest BCUT2D eigenvalue weighted by molar-refractivity contribution is -0.121. The molecule has 0 radical (unpaired) electrons. The number of nitrogens with one attached hydrogen (secondary N) is 1. The fourth-order valence-corrected chi connectivity index (χ4v) is 1.99. The molecule has 0 saturated carbocycles. The first kappa shape index (κ1) is 23.3. The molecule has 0 bridgehead atoms. The Bertz CT molecular complexity index is 274. The summed E-state index contributed by atoms with van der Waals surface area (Å²) in [7, 11) is 0. The van der Waals surface area contributed by atoms with Gasteiger partial charge in [-0.25, -0.2) is 0 Å². The molecule has 0 aliphatic rings. The minimum absolute atomic E-state index is 0.114. The molecule has 0 aliphatic heterocycles. The van der Waals surface area contributed by atoms with E-state index in [9.17, 15) is 4.79 Å². The second kappa shape index (κ2) is 18.6. The average molecular weight is 347 g/mol. The fraction of sp³-hybridized carbons (Fsp3) is 0.944. The highest BCUT2D eigenvalue weighted by Gasteiger charge is 2.01. The van der Waals surface area contributed by atoms with Gasteiger partial charge >= 0.3 is 0 Å². The van der Waals surface area contributed by atoms with E-state index < -0.39 is 0 Å². The molecule has 0 aromatic rings. The third-order valence-electron chi connectivity index (χ3n) is 3.32. The molecule has 0 fully saturated rings. The summed E-state index contributed by atoms with van der Waals surface area (Å²) < 4.78 is 21.3. The van der Waals surface area contributed by atoms with Crippen molar-refractivity contribution in [3.63, 3.8) is 0 Å². The summed E-state index contributed by atoms with van der Waals surface area (Å²) in [6.45, 7) is 11.6. The van der Waals surface area contributed by atoms with Gasteiger partial charge in [0.25, 0.3) is 0 Å². The number of rotatable bonds is 18. The second-order valence-corrected chi connectivity index (χ2v) is 6.02. The lowest BCUT2D eigenvalue weighted by atomic mass is 10.1. The van der Waals surface area contributed by atoms with Crippen LogP contribution in [0, 0.1) is 5.92 Å². The van der Waals surface area contributed by atoms with Crippen LogP contribution in [-0.4, -0.2) is 65.3 Å². The summed E-state index contributed by atoms with van der Waals surface area (Å²) in [6, 6.07) is 0. The highest BCUT2D eigenvalue weighted by molar-refractivity contribution is 5.75. The highest BCUT2D eigenvalue weighted by Crippen LogP contribution is 2.07. The third kappa shape index (κ3) is 19.4. The molecule has 0 aromatic heterocycles. The maximum atomic E-state index is 11.6. The Balaban J connectivity index is 3.12. The van der Waals surface area contributed by atoms with Gasteiger partial charge in [-0.05, 0) is 19.3 Å². The lowest BCUT2D eigenvalue weighted by Gasteiger charge is -2.08. The van der Waals surface area contributed by atoms with Gasteiger partial charge in [0.15, 0.2) is 0 Å². The zero-order chi connectivity index (χ0) is 17.9. The van der Waals surface area contributed by atoms with E-state index in [0.717, 1.165) is 19.4 Å². The van der Waals surface area contributed by atoms with Crippen LogP contribution in [0.3, 0.4) is 0 Å². The fourth-order valence-electron chi connectivity index (χ4n) is 1.99. The highest BCUT2D eigenvalue weighted by atomic mass is 16.6. The summed E-state index contributed by atoms with van der Waals surface area (Å²) >= 11 is 0. The summed E-state index contributed by atoms with van der Waals surface area (Å²) in [5.41, 5.74) is 0. The van der Waals surface area contributed by atoms with Crippen LogP contribution in [-0.2, 0) is 23.7 Å². The molecule has 144 valence electrons. The largest absolute Gasteiger partial charge is 0.379 e. The SMILES string of the molecule is CCOCCOCCOCCOCCNC(=O)CCCCC(C)C. The van der Waals surface area contributed by atoms with E-state index in [-0.39, 0.29) is 5.91 Å². The number of unbranched alkanes of at least 4 members (excludes halogenated alkanes) is 1. The minimum Gasteiger partial charge on any atom is -0.379 e. The molecule has 0 atom stereocenters. The van der Waals surface area contributed by atoms with Crippen molar-refractivity contribution in [1.82, 2.24) is 5.32 Å². The third-order valence-corrected chi connectivity index (χ3v) is 3.32. The van der Waals surface area contributed by atoms with Crippen molar-refractivity contribution in [3.05, 3.63) is 0 Å². The van der Waals surface area contributed by atoms with Gasteiger partial charge in [0.1, 0.15) is 0 Å². The van der Waals surface area contributed by atoms with E-state index in [1.165, 1.54) is 6.42 Å². The standard InChI is InChI=1S/C18H37NO5/c1-4-21-11-12-23-15-16-24-14-13-22-10-9-19-18(20)8-6-5-7-17(2)3/h17H,4-16H2,1-3H3,(H,19,20). The molecular formula is C18H37NO5. The lowest BCUT2D eigenvalue weighted by Crippen LogP contribution is -2.27. The zero-order valence-corrected chi connectivity index (χ0v) is 15.8. The first-order valence-electron chi connectivity index (χ1n) is 9.24. The molecule has 0 heterocycles. The summed E-state index contributed by atoms with van der Waals surface area (Å²) in [5.74, 6) is 0.827. The molecule has 0 spiro atoms. The van der Waals surface area contributed by atoms with Crippen LogP contribution in [0.4, 0.5) is 0 Å². The molecular weight excluding hydrogens is 310 g/mol. The van der Waals surface area contributed by atoms with E-state index in [1.807, 2.05) is 6.92 Å². The van der Waals surface area contributed by atoms with Gasteiger partial charge in [-0.3, -0.25) is 4.79 Å². The second-order valence-electron chi connectivity index (χ2n) is 6.02. The first-order chi connectivity index (χ1) is 11.7. The number of carbonyl (C=O) groups excluding carboxylic acids is 1. The van der Waals surface area contributed by atoms with Gasteiger partial charge in [0.2, 0.25) is 5.91 Å². The Morgan fingerprint density at radius 3 is 1.92 bits per heavy atom. The Hall–Kier alpha value is -0.690. The van der Waals surface area contributed by atoms with Crippen molar-refractivity contribution in [2.75, 3.05) is 59.4 Å². The Morgan fingerprint density at radius 2 is 1.38 bits per heavy atom. The summed E-state index contributed by atoms with van der Waals surface area (Å²) in [6.07, 6.45) is 3.88. The number of hydrogen-bond donors (Lipinski definition) is 1. The number of ether oxygens (including phenoxy) is 4. The van der Waals surface area contributed by atoms with Crippen LogP contribution in [0.25, 0.3) is 0 Å². The monoisotopic (exact) mass is 347 g/mol. The van der Waals surface area contributed by atoms with Gasteiger partial charge in [-0.15, -0.1) is 0 Å². The maximum absolute atomic E-state index is 11.6. The van der Waals surface area contributed by atoms with Gasteiger partial charge < -0.3 is 24.3 Å². The first-order valence-corrected chi connectivity index (χ1v) is 9.24. The molecule has 0 aromatic carbocycles. The van der Waals surface area contributed by atoms with Gasteiger partial charge in [0, 0.05) is 19.6 Å². The number of hydrogen-bond acceptors (Lipinski definition) is 5.